The molecule has 0 aliphatic heterocycles. The predicted octanol–water partition coefficient (Wildman–Crippen LogP) is 6.37. The summed E-state index contributed by atoms with van der Waals surface area (Å²) in [5, 5.41) is 2.49. The maximum atomic E-state index is 15.0. The number of carbonyl (C=O) groups is 2. The van der Waals surface area contributed by atoms with Crippen LogP contribution in [0.5, 0.6) is 5.75 Å². The first-order valence-electron chi connectivity index (χ1n) is 12.0. The lowest BCUT2D eigenvalue weighted by Gasteiger charge is -2.25. The first-order valence-corrected chi connectivity index (χ1v) is 13.1. The molecule has 0 heterocycles. The Hall–Kier alpha value is -3.21. The van der Waals surface area contributed by atoms with Crippen LogP contribution >= 0.6 is 22.6 Å². The van der Waals surface area contributed by atoms with Gasteiger partial charge in [-0.15, -0.1) is 0 Å². The molecule has 1 aliphatic rings. The number of hydrogen-bond donors (Lipinski definition) is 1. The average Bonchev–Trinajstić information content (AvgIpc) is 3.18. The van der Waals surface area contributed by atoms with Crippen LogP contribution in [0.4, 0.5) is 13.6 Å². The highest BCUT2D eigenvalue weighted by molar-refractivity contribution is 14.1. The van der Waals surface area contributed by atoms with Crippen LogP contribution in [0.25, 0.3) is 11.1 Å². The molecule has 0 aromatic heterocycles. The van der Waals surface area contributed by atoms with Gasteiger partial charge in [0.15, 0.2) is 11.6 Å². The number of esters is 1. The molecule has 1 amide bonds. The third kappa shape index (κ3) is 5.92. The molecule has 1 aliphatic carbocycles. The second kappa shape index (κ2) is 11.3. The number of benzene rings is 3. The van der Waals surface area contributed by atoms with Crippen LogP contribution in [0.3, 0.4) is 0 Å². The zero-order chi connectivity index (χ0) is 27.6. The molecule has 1 atom stereocenters. The number of nitrogens with one attached hydrogen (secondary N) is 1. The molecular formula is C29H28F2INO5. The smallest absolute Gasteiger partial charge is 0.407 e. The fourth-order valence-electron chi connectivity index (χ4n) is 4.58. The van der Waals surface area contributed by atoms with Gasteiger partial charge in [-0.05, 0) is 71.7 Å². The second-order valence-electron chi connectivity index (χ2n) is 9.93. The standard InChI is InChI=1S/C29H28F2INO5/c1-29(2,3)38-27(34)24(13-20-25(31)23(32)14-22(30)26(20)36-4)33-28(35)37-15-21-18-11-7-5-9-16(18)17-10-6-8-12-19(17)21/h5-12,14,21,24H,13,15H2,1-4H3,(H,33,35)/t24-/m0/s1. The summed E-state index contributed by atoms with van der Waals surface area (Å²) < 4.78 is 45.6. The van der Waals surface area contributed by atoms with Gasteiger partial charge >= 0.3 is 12.1 Å². The normalized spacial score (nSPS) is 13.3. The van der Waals surface area contributed by atoms with Crippen LogP contribution in [-0.2, 0) is 20.7 Å². The fourth-order valence-corrected chi connectivity index (χ4v) is 5.18. The number of carbonyl (C=O) groups excluding carboxylic acids is 2. The van der Waals surface area contributed by atoms with Gasteiger partial charge in [0.25, 0.3) is 0 Å². The molecule has 4 rings (SSSR count). The van der Waals surface area contributed by atoms with Gasteiger partial charge < -0.3 is 19.5 Å². The number of rotatable bonds is 7. The minimum atomic E-state index is -1.36. The van der Waals surface area contributed by atoms with Crippen LogP contribution in [-0.4, -0.2) is 37.4 Å². The molecule has 38 heavy (non-hydrogen) atoms. The van der Waals surface area contributed by atoms with Gasteiger partial charge in [0.2, 0.25) is 0 Å². The number of fused-ring (bicyclic) bond motifs is 3. The summed E-state index contributed by atoms with van der Waals surface area (Å²) in [4.78, 5) is 25.9. The van der Waals surface area contributed by atoms with Crippen molar-refractivity contribution in [3.8, 4) is 16.9 Å². The van der Waals surface area contributed by atoms with Gasteiger partial charge in [-0.25, -0.2) is 18.4 Å². The quantitative estimate of drug-likeness (QED) is 0.186. The van der Waals surface area contributed by atoms with Crippen molar-refractivity contribution >= 4 is 34.7 Å². The van der Waals surface area contributed by atoms with Crippen molar-refractivity contribution in [2.75, 3.05) is 13.7 Å². The first kappa shape index (κ1) is 27.8. The summed E-state index contributed by atoms with van der Waals surface area (Å²) in [6.45, 7) is 5.03. The molecule has 0 saturated carbocycles. The minimum Gasteiger partial charge on any atom is -0.493 e. The van der Waals surface area contributed by atoms with E-state index in [0.717, 1.165) is 28.3 Å². The molecule has 0 fully saturated rings. The third-order valence-corrected chi connectivity index (χ3v) is 6.94. The van der Waals surface area contributed by atoms with Crippen LogP contribution < -0.4 is 10.1 Å². The van der Waals surface area contributed by atoms with Crippen molar-refractivity contribution in [3.05, 3.63) is 86.5 Å². The number of hydrogen-bond acceptors (Lipinski definition) is 5. The number of amides is 1. The Morgan fingerprint density at radius 2 is 1.61 bits per heavy atom. The SMILES string of the molecule is COc1c(F)cc(I)c(F)c1C[C@H](NC(=O)OCC1c2ccccc2-c2ccccc21)C(=O)OC(C)(C)C. The summed E-state index contributed by atoms with van der Waals surface area (Å²) in [5.41, 5.74) is 3.15. The van der Waals surface area contributed by atoms with E-state index >= 15 is 4.39 Å². The third-order valence-electron chi connectivity index (χ3n) is 6.16. The molecule has 3 aromatic rings. The van der Waals surface area contributed by atoms with E-state index < -0.39 is 41.8 Å². The minimum absolute atomic E-state index is 0.0139. The van der Waals surface area contributed by atoms with Crippen LogP contribution in [0.2, 0.25) is 0 Å². The monoisotopic (exact) mass is 635 g/mol. The summed E-state index contributed by atoms with van der Waals surface area (Å²) in [7, 11) is 1.20. The molecule has 0 unspecified atom stereocenters. The van der Waals surface area contributed by atoms with Gasteiger partial charge in [-0.2, -0.15) is 0 Å². The Kier molecular flexibility index (Phi) is 8.25. The van der Waals surface area contributed by atoms with Crippen molar-refractivity contribution in [1.82, 2.24) is 5.32 Å². The maximum absolute atomic E-state index is 15.0. The molecule has 3 aromatic carbocycles. The van der Waals surface area contributed by atoms with Gasteiger partial charge in [-0.3, -0.25) is 0 Å². The molecule has 0 spiro atoms. The zero-order valence-electron chi connectivity index (χ0n) is 21.4. The topological polar surface area (TPSA) is 73.9 Å². The molecule has 200 valence electrons. The van der Waals surface area contributed by atoms with E-state index in [9.17, 15) is 14.0 Å². The number of methoxy groups -OCH3 is 1. The van der Waals surface area contributed by atoms with E-state index in [-0.39, 0.29) is 27.4 Å². The Balaban J connectivity index is 1.55. The van der Waals surface area contributed by atoms with E-state index in [1.807, 2.05) is 48.5 Å². The largest absolute Gasteiger partial charge is 0.493 e. The van der Waals surface area contributed by atoms with E-state index in [0.29, 0.717) is 0 Å². The van der Waals surface area contributed by atoms with E-state index in [1.54, 1.807) is 43.4 Å². The molecular weight excluding hydrogens is 607 g/mol. The highest BCUT2D eigenvalue weighted by Gasteiger charge is 2.33. The van der Waals surface area contributed by atoms with Crippen LogP contribution in [0, 0.1) is 15.2 Å². The Bertz CT molecular complexity index is 1330. The van der Waals surface area contributed by atoms with Gasteiger partial charge in [0.05, 0.1) is 10.7 Å². The number of alkyl carbamates (subject to hydrolysis) is 1. The van der Waals surface area contributed by atoms with Crippen molar-refractivity contribution in [2.45, 2.75) is 44.8 Å². The fraction of sp³-hybridized carbons (Fsp3) is 0.310. The zero-order valence-corrected chi connectivity index (χ0v) is 23.6. The van der Waals surface area contributed by atoms with Crippen molar-refractivity contribution < 1.29 is 32.6 Å². The summed E-state index contributed by atoms with van der Waals surface area (Å²) in [6.07, 6.45) is -1.28. The summed E-state index contributed by atoms with van der Waals surface area (Å²) in [6, 6.07) is 15.4. The van der Waals surface area contributed by atoms with E-state index in [4.69, 9.17) is 14.2 Å². The molecule has 0 saturated heterocycles. The van der Waals surface area contributed by atoms with Gasteiger partial charge in [0, 0.05) is 17.9 Å². The van der Waals surface area contributed by atoms with E-state index in [2.05, 4.69) is 5.32 Å². The molecule has 9 heteroatoms. The Morgan fingerprint density at radius 3 is 2.16 bits per heavy atom. The van der Waals surface area contributed by atoms with Crippen molar-refractivity contribution in [3.63, 3.8) is 0 Å². The molecule has 1 N–H and O–H groups in total. The van der Waals surface area contributed by atoms with Crippen molar-refractivity contribution in [2.24, 2.45) is 0 Å². The highest BCUT2D eigenvalue weighted by atomic mass is 127. The first-order chi connectivity index (χ1) is 18.0. The summed E-state index contributed by atoms with van der Waals surface area (Å²) >= 11 is 1.66. The lowest BCUT2D eigenvalue weighted by Crippen LogP contribution is -2.46. The maximum Gasteiger partial charge on any atom is 0.407 e. The molecule has 0 radical (unpaired) electrons. The highest BCUT2D eigenvalue weighted by Crippen LogP contribution is 2.44. The number of halogens is 3. The van der Waals surface area contributed by atoms with Crippen LogP contribution in [0.1, 0.15) is 43.4 Å². The summed E-state index contributed by atoms with van der Waals surface area (Å²) in [5.74, 6) is -2.86. The number of ether oxygens (including phenoxy) is 3. The Morgan fingerprint density at radius 1 is 1.03 bits per heavy atom. The molecule has 0 bridgehead atoms. The average molecular weight is 635 g/mol. The second-order valence-corrected chi connectivity index (χ2v) is 11.1. The Labute approximate surface area is 233 Å². The van der Waals surface area contributed by atoms with E-state index in [1.165, 1.54) is 7.11 Å². The predicted molar refractivity (Wildman–Crippen MR) is 147 cm³/mol. The lowest BCUT2D eigenvalue weighted by molar-refractivity contribution is -0.157. The lowest BCUT2D eigenvalue weighted by atomic mass is 9.98. The van der Waals surface area contributed by atoms with Gasteiger partial charge in [-0.1, -0.05) is 48.5 Å². The van der Waals surface area contributed by atoms with Crippen LogP contribution in [0.15, 0.2) is 54.6 Å². The van der Waals surface area contributed by atoms with Crippen molar-refractivity contribution in [1.29, 1.82) is 0 Å². The van der Waals surface area contributed by atoms with Gasteiger partial charge in [0.1, 0.15) is 24.1 Å². The molecule has 6 nitrogen and oxygen atoms in total.